The van der Waals surface area contributed by atoms with E-state index >= 15 is 0 Å². The van der Waals surface area contributed by atoms with Gasteiger partial charge in [0, 0.05) is 25.2 Å². The minimum atomic E-state index is -0.691. The Labute approximate surface area is 186 Å². The van der Waals surface area contributed by atoms with Gasteiger partial charge in [-0.2, -0.15) is 0 Å². The van der Waals surface area contributed by atoms with Crippen molar-refractivity contribution in [3.8, 4) is 5.75 Å². The number of benzene rings is 2. The number of carbonyl (C=O) groups is 3. The summed E-state index contributed by atoms with van der Waals surface area (Å²) in [6.07, 6.45) is 0.776. The summed E-state index contributed by atoms with van der Waals surface area (Å²) in [5.41, 5.74) is 1.39. The molecule has 1 aliphatic heterocycles. The summed E-state index contributed by atoms with van der Waals surface area (Å²) in [4.78, 5) is 36.5. The van der Waals surface area contributed by atoms with Gasteiger partial charge >= 0.3 is 17.9 Å². The Bertz CT molecular complexity index is 947. The standard InChI is InChI=1S/C23H26N4O5/c24-20(26-23(30)32-16-17-6-2-1-3-7-17)18-8-10-19(11-9-18)31-15-5-4-13-27-14-12-25-21(28)22(27)29/h1-3,6-11H,4-5,12-16H2,(H,25,28)(H2,24,26,30). The number of hydrogen-bond donors (Lipinski definition) is 3. The molecule has 0 bridgehead atoms. The molecule has 0 radical (unpaired) electrons. The number of rotatable bonds is 9. The first-order valence-corrected chi connectivity index (χ1v) is 10.4. The fourth-order valence-corrected chi connectivity index (χ4v) is 3.08. The molecule has 0 atom stereocenters. The van der Waals surface area contributed by atoms with E-state index < -0.39 is 17.9 Å². The number of amidine groups is 1. The molecule has 32 heavy (non-hydrogen) atoms. The van der Waals surface area contributed by atoms with Crippen molar-refractivity contribution in [2.75, 3.05) is 26.2 Å². The predicted octanol–water partition coefficient (Wildman–Crippen LogP) is 2.06. The largest absolute Gasteiger partial charge is 0.494 e. The van der Waals surface area contributed by atoms with Crippen LogP contribution in [0.3, 0.4) is 0 Å². The average molecular weight is 438 g/mol. The predicted molar refractivity (Wildman–Crippen MR) is 117 cm³/mol. The van der Waals surface area contributed by atoms with Crippen molar-refractivity contribution >= 4 is 23.7 Å². The average Bonchev–Trinajstić information content (AvgIpc) is 2.81. The first-order valence-electron chi connectivity index (χ1n) is 10.4. The number of alkyl carbamates (subject to hydrolysis) is 1. The summed E-state index contributed by atoms with van der Waals surface area (Å²) >= 11 is 0. The second kappa shape index (κ2) is 11.5. The van der Waals surface area contributed by atoms with E-state index in [2.05, 4.69) is 10.6 Å². The molecule has 3 amide bonds. The van der Waals surface area contributed by atoms with Gasteiger partial charge < -0.3 is 19.7 Å². The lowest BCUT2D eigenvalue weighted by molar-refractivity contribution is -0.148. The zero-order valence-corrected chi connectivity index (χ0v) is 17.6. The highest BCUT2D eigenvalue weighted by molar-refractivity contribution is 6.35. The zero-order valence-electron chi connectivity index (χ0n) is 17.6. The van der Waals surface area contributed by atoms with Gasteiger partial charge in [0.15, 0.2) is 0 Å². The third-order valence-corrected chi connectivity index (χ3v) is 4.82. The molecule has 1 aliphatic rings. The van der Waals surface area contributed by atoms with Crippen LogP contribution in [0.1, 0.15) is 24.0 Å². The monoisotopic (exact) mass is 438 g/mol. The van der Waals surface area contributed by atoms with Gasteiger partial charge in [0.25, 0.3) is 0 Å². The molecule has 3 rings (SSSR count). The molecule has 0 aliphatic carbocycles. The molecule has 0 spiro atoms. The van der Waals surface area contributed by atoms with Crippen LogP contribution < -0.4 is 15.4 Å². The van der Waals surface area contributed by atoms with E-state index in [1.165, 1.54) is 0 Å². The molecule has 0 unspecified atom stereocenters. The molecule has 0 saturated carbocycles. The van der Waals surface area contributed by atoms with Crippen molar-refractivity contribution in [1.82, 2.24) is 15.5 Å². The van der Waals surface area contributed by atoms with Gasteiger partial charge in [-0.25, -0.2) is 4.79 Å². The second-order valence-corrected chi connectivity index (χ2v) is 7.19. The topological polar surface area (TPSA) is 121 Å². The summed E-state index contributed by atoms with van der Waals surface area (Å²) in [6, 6.07) is 16.1. The number of nitrogens with one attached hydrogen (secondary N) is 3. The highest BCUT2D eigenvalue weighted by atomic mass is 16.5. The lowest BCUT2D eigenvalue weighted by Gasteiger charge is -2.26. The van der Waals surface area contributed by atoms with Crippen LogP contribution >= 0.6 is 0 Å². The molecule has 1 saturated heterocycles. The maximum atomic E-state index is 11.9. The Kier molecular flexibility index (Phi) is 8.19. The van der Waals surface area contributed by atoms with Crippen molar-refractivity contribution in [2.45, 2.75) is 19.4 Å². The van der Waals surface area contributed by atoms with Crippen LogP contribution in [0.5, 0.6) is 5.75 Å². The quantitative estimate of drug-likeness (QED) is 0.240. The smallest absolute Gasteiger partial charge is 0.413 e. The number of amides is 3. The summed E-state index contributed by atoms with van der Waals surface area (Å²) in [6.45, 7) is 2.15. The number of piperazine rings is 1. The van der Waals surface area contributed by atoms with Crippen molar-refractivity contribution in [3.63, 3.8) is 0 Å². The van der Waals surface area contributed by atoms with Gasteiger partial charge in [0.05, 0.1) is 6.61 Å². The Hall–Kier alpha value is -3.88. The maximum absolute atomic E-state index is 11.9. The van der Waals surface area contributed by atoms with Crippen molar-refractivity contribution in [1.29, 1.82) is 5.41 Å². The van der Waals surface area contributed by atoms with Crippen LogP contribution in [-0.2, 0) is 20.9 Å². The molecule has 1 heterocycles. The molecule has 0 aromatic heterocycles. The SMILES string of the molecule is N=C(NC(=O)OCc1ccccc1)c1ccc(OCCCCN2CCNC(=O)C2=O)cc1. The van der Waals surface area contributed by atoms with Crippen LogP contribution in [0.2, 0.25) is 0 Å². The summed E-state index contributed by atoms with van der Waals surface area (Å²) in [7, 11) is 0. The van der Waals surface area contributed by atoms with Crippen molar-refractivity contribution < 1.29 is 23.9 Å². The third-order valence-electron chi connectivity index (χ3n) is 4.82. The van der Waals surface area contributed by atoms with Gasteiger partial charge in [0.2, 0.25) is 0 Å². The molecular weight excluding hydrogens is 412 g/mol. The fourth-order valence-electron chi connectivity index (χ4n) is 3.08. The van der Waals surface area contributed by atoms with E-state index in [0.717, 1.165) is 18.4 Å². The maximum Gasteiger partial charge on any atom is 0.413 e. The molecule has 2 aromatic carbocycles. The fraction of sp³-hybridized carbons (Fsp3) is 0.304. The van der Waals surface area contributed by atoms with E-state index in [1.807, 2.05) is 30.3 Å². The van der Waals surface area contributed by atoms with Gasteiger partial charge in [0.1, 0.15) is 18.2 Å². The lowest BCUT2D eigenvalue weighted by atomic mass is 10.2. The Morgan fingerprint density at radius 3 is 2.56 bits per heavy atom. The van der Waals surface area contributed by atoms with Crippen LogP contribution in [-0.4, -0.2) is 54.9 Å². The normalized spacial score (nSPS) is 13.3. The van der Waals surface area contributed by atoms with E-state index in [1.54, 1.807) is 29.2 Å². The summed E-state index contributed by atoms with van der Waals surface area (Å²) in [5.74, 6) is -0.448. The molecule has 3 N–H and O–H groups in total. The summed E-state index contributed by atoms with van der Waals surface area (Å²) < 4.78 is 10.8. The third kappa shape index (κ3) is 6.83. The van der Waals surface area contributed by atoms with Gasteiger partial charge in [-0.05, 0) is 42.7 Å². The van der Waals surface area contributed by atoms with Gasteiger partial charge in [-0.1, -0.05) is 30.3 Å². The molecule has 1 fully saturated rings. The molecular formula is C23H26N4O5. The van der Waals surface area contributed by atoms with Crippen molar-refractivity contribution in [2.24, 2.45) is 0 Å². The first-order chi connectivity index (χ1) is 15.5. The van der Waals surface area contributed by atoms with Crippen molar-refractivity contribution in [3.05, 3.63) is 65.7 Å². The van der Waals surface area contributed by atoms with Crippen LogP contribution in [0.25, 0.3) is 0 Å². The Morgan fingerprint density at radius 2 is 1.81 bits per heavy atom. The molecule has 9 nitrogen and oxygen atoms in total. The minimum Gasteiger partial charge on any atom is -0.494 e. The van der Waals surface area contributed by atoms with E-state index in [4.69, 9.17) is 14.9 Å². The Balaban J connectivity index is 1.34. The van der Waals surface area contributed by atoms with Crippen LogP contribution in [0, 0.1) is 5.41 Å². The summed E-state index contributed by atoms with van der Waals surface area (Å²) in [5, 5.41) is 12.9. The van der Waals surface area contributed by atoms with Crippen LogP contribution in [0.15, 0.2) is 54.6 Å². The molecule has 2 aromatic rings. The highest BCUT2D eigenvalue weighted by Crippen LogP contribution is 2.13. The van der Waals surface area contributed by atoms with Gasteiger partial charge in [-0.3, -0.25) is 20.3 Å². The number of ether oxygens (including phenoxy) is 2. The minimum absolute atomic E-state index is 0.0650. The number of carbonyl (C=O) groups excluding carboxylic acids is 3. The van der Waals surface area contributed by atoms with E-state index in [9.17, 15) is 14.4 Å². The van der Waals surface area contributed by atoms with Gasteiger partial charge in [-0.15, -0.1) is 0 Å². The number of nitrogens with zero attached hydrogens (tertiary/aromatic N) is 1. The number of unbranched alkanes of at least 4 members (excludes halogenated alkanes) is 1. The molecule has 9 heteroatoms. The lowest BCUT2D eigenvalue weighted by Crippen LogP contribution is -2.52. The van der Waals surface area contributed by atoms with E-state index in [0.29, 0.717) is 37.6 Å². The first kappa shape index (κ1) is 22.8. The molecule has 168 valence electrons. The number of hydrogen-bond acceptors (Lipinski definition) is 6. The zero-order chi connectivity index (χ0) is 22.8. The van der Waals surface area contributed by atoms with Crippen LogP contribution in [0.4, 0.5) is 4.79 Å². The highest BCUT2D eigenvalue weighted by Gasteiger charge is 2.25. The Morgan fingerprint density at radius 1 is 1.06 bits per heavy atom. The van der Waals surface area contributed by atoms with E-state index in [-0.39, 0.29) is 12.4 Å². The second-order valence-electron chi connectivity index (χ2n) is 7.19.